The van der Waals surface area contributed by atoms with Gasteiger partial charge in [0.15, 0.2) is 0 Å². The Morgan fingerprint density at radius 1 is 0.400 bits per heavy atom. The summed E-state index contributed by atoms with van der Waals surface area (Å²) in [6, 6.07) is 0. The topological polar surface area (TPSA) is 0 Å². The average Bonchev–Trinajstić information content (AvgIpc) is 2.68. The molecule has 0 aromatic heterocycles. The van der Waals surface area contributed by atoms with E-state index in [4.69, 9.17) is 0 Å². The van der Waals surface area contributed by atoms with E-state index >= 15 is 0 Å². The van der Waals surface area contributed by atoms with Crippen molar-refractivity contribution in [3.63, 3.8) is 0 Å². The van der Waals surface area contributed by atoms with E-state index in [9.17, 15) is 0 Å². The molecule has 0 amide bonds. The minimum atomic E-state index is 0.609. The summed E-state index contributed by atoms with van der Waals surface area (Å²) in [6.45, 7) is 15.1. The van der Waals surface area contributed by atoms with Crippen LogP contribution in [0.5, 0.6) is 0 Å². The molecule has 2 rings (SSSR count). The van der Waals surface area contributed by atoms with Crippen molar-refractivity contribution in [1.82, 2.24) is 0 Å². The molecule has 2 aliphatic rings. The molecular weight excluding hydrogens is 300 g/mol. The highest BCUT2D eigenvalue weighted by molar-refractivity contribution is 5.07. The molecule has 2 aliphatic carbocycles. The highest BCUT2D eigenvalue weighted by Crippen LogP contribution is 2.67. The summed E-state index contributed by atoms with van der Waals surface area (Å²) in [7, 11) is 0. The first-order valence-corrected chi connectivity index (χ1v) is 12.0. The molecule has 2 atom stereocenters. The predicted octanol–water partition coefficient (Wildman–Crippen LogP) is 8.93. The molecule has 2 fully saturated rings. The van der Waals surface area contributed by atoms with Gasteiger partial charge in [0.05, 0.1) is 0 Å². The summed E-state index contributed by atoms with van der Waals surface area (Å²) in [5.41, 5.74) is 2.45. The van der Waals surface area contributed by atoms with E-state index in [1.807, 2.05) is 0 Å². The van der Waals surface area contributed by atoms with Gasteiger partial charge < -0.3 is 0 Å². The Labute approximate surface area is 159 Å². The van der Waals surface area contributed by atoms with E-state index in [2.05, 4.69) is 41.5 Å². The van der Waals surface area contributed by atoms with E-state index in [1.165, 1.54) is 96.3 Å². The van der Waals surface area contributed by atoms with Crippen LogP contribution in [-0.4, -0.2) is 0 Å². The summed E-state index contributed by atoms with van der Waals surface area (Å²) >= 11 is 0. The van der Waals surface area contributed by atoms with Crippen LogP contribution in [0.2, 0.25) is 0 Å². The second kappa shape index (κ2) is 8.35. The van der Waals surface area contributed by atoms with Gasteiger partial charge in [0.2, 0.25) is 0 Å². The van der Waals surface area contributed by atoms with Crippen molar-refractivity contribution in [2.45, 2.75) is 138 Å². The van der Waals surface area contributed by atoms with Crippen LogP contribution in [-0.2, 0) is 0 Å². The summed E-state index contributed by atoms with van der Waals surface area (Å²) < 4.78 is 0. The predicted molar refractivity (Wildman–Crippen MR) is 113 cm³/mol. The van der Waals surface area contributed by atoms with Crippen molar-refractivity contribution in [2.24, 2.45) is 21.7 Å². The molecule has 0 radical (unpaired) electrons. The van der Waals surface area contributed by atoms with Crippen molar-refractivity contribution in [3.05, 3.63) is 0 Å². The molecule has 0 aliphatic heterocycles. The van der Waals surface area contributed by atoms with E-state index in [0.29, 0.717) is 21.7 Å². The Morgan fingerprint density at radius 3 is 0.880 bits per heavy atom. The van der Waals surface area contributed by atoms with Gasteiger partial charge in [0.25, 0.3) is 0 Å². The summed E-state index contributed by atoms with van der Waals surface area (Å²) in [4.78, 5) is 0. The molecule has 148 valence electrons. The van der Waals surface area contributed by atoms with Crippen molar-refractivity contribution in [3.8, 4) is 0 Å². The van der Waals surface area contributed by atoms with Gasteiger partial charge in [-0.05, 0) is 92.3 Å². The normalized spacial score (nSPS) is 34.8. The van der Waals surface area contributed by atoms with Gasteiger partial charge in [-0.3, -0.25) is 0 Å². The fraction of sp³-hybridized carbons (Fsp3) is 1.00. The largest absolute Gasteiger partial charge is 0.0648 e. The summed E-state index contributed by atoms with van der Waals surface area (Å²) in [5.74, 6) is 0. The van der Waals surface area contributed by atoms with Crippen molar-refractivity contribution >= 4 is 0 Å². The zero-order chi connectivity index (χ0) is 18.6. The highest BCUT2D eigenvalue weighted by atomic mass is 14.6. The molecule has 0 nitrogen and oxygen atoms in total. The molecular formula is C25H48. The Balaban J connectivity index is 2.48. The first-order chi connectivity index (χ1) is 12.0. The molecule has 0 bridgehead atoms. The van der Waals surface area contributed by atoms with Gasteiger partial charge in [-0.1, -0.05) is 67.2 Å². The van der Waals surface area contributed by atoms with Gasteiger partial charge in [0, 0.05) is 0 Å². The van der Waals surface area contributed by atoms with Crippen LogP contribution in [0, 0.1) is 21.7 Å². The summed E-state index contributed by atoms with van der Waals surface area (Å²) in [6.07, 6.45) is 21.9. The lowest BCUT2D eigenvalue weighted by atomic mass is 9.42. The molecule has 2 saturated carbocycles. The third-order valence-electron chi connectivity index (χ3n) is 10.1. The Morgan fingerprint density at radius 2 is 0.640 bits per heavy atom. The Hall–Kier alpha value is 0. The Bertz CT molecular complexity index is 362. The van der Waals surface area contributed by atoms with Crippen LogP contribution in [0.3, 0.4) is 0 Å². The van der Waals surface area contributed by atoms with Gasteiger partial charge in [0.1, 0.15) is 0 Å². The first kappa shape index (κ1) is 21.3. The lowest BCUT2D eigenvalue weighted by molar-refractivity contribution is -0.123. The van der Waals surface area contributed by atoms with Crippen molar-refractivity contribution in [1.29, 1.82) is 0 Å². The molecule has 0 heteroatoms. The smallest absolute Gasteiger partial charge is 0.0238 e. The van der Waals surface area contributed by atoms with Crippen molar-refractivity contribution < 1.29 is 0 Å². The minimum Gasteiger partial charge on any atom is -0.0648 e. The fourth-order valence-corrected chi connectivity index (χ4v) is 8.17. The average molecular weight is 349 g/mol. The van der Waals surface area contributed by atoms with Crippen LogP contribution < -0.4 is 0 Å². The second-order valence-corrected chi connectivity index (χ2v) is 9.83. The van der Waals surface area contributed by atoms with E-state index < -0.39 is 0 Å². The maximum Gasteiger partial charge on any atom is -0.0238 e. The third-order valence-corrected chi connectivity index (χ3v) is 10.1. The van der Waals surface area contributed by atoms with E-state index in [0.717, 1.165) is 0 Å². The maximum atomic E-state index is 2.54. The zero-order valence-electron chi connectivity index (χ0n) is 18.6. The number of hydrogen-bond donors (Lipinski definition) is 0. The first-order valence-electron chi connectivity index (χ1n) is 12.0. The lowest BCUT2D eigenvalue weighted by Gasteiger charge is -2.62. The molecule has 0 aromatic carbocycles. The van der Waals surface area contributed by atoms with Crippen LogP contribution in [0.25, 0.3) is 0 Å². The van der Waals surface area contributed by atoms with Crippen molar-refractivity contribution in [2.75, 3.05) is 0 Å². The maximum absolute atomic E-state index is 2.54. The van der Waals surface area contributed by atoms with Crippen LogP contribution >= 0.6 is 0 Å². The molecule has 0 N–H and O–H groups in total. The van der Waals surface area contributed by atoms with Crippen LogP contribution in [0.1, 0.15) is 138 Å². The fourth-order valence-electron chi connectivity index (χ4n) is 8.17. The lowest BCUT2D eigenvalue weighted by Crippen LogP contribution is -2.52. The van der Waals surface area contributed by atoms with Gasteiger partial charge >= 0.3 is 0 Å². The van der Waals surface area contributed by atoms with Crippen LogP contribution in [0.15, 0.2) is 0 Å². The Kier molecular flexibility index (Phi) is 7.11. The highest BCUT2D eigenvalue weighted by Gasteiger charge is 2.57. The molecule has 0 spiro atoms. The molecule has 0 heterocycles. The quantitative estimate of drug-likeness (QED) is 0.410. The minimum absolute atomic E-state index is 0.609. The molecule has 0 aromatic rings. The van der Waals surface area contributed by atoms with E-state index in [-0.39, 0.29) is 0 Å². The van der Waals surface area contributed by atoms with Gasteiger partial charge in [-0.2, -0.15) is 0 Å². The second-order valence-electron chi connectivity index (χ2n) is 9.83. The monoisotopic (exact) mass is 348 g/mol. The third kappa shape index (κ3) is 3.23. The van der Waals surface area contributed by atoms with Gasteiger partial charge in [-0.15, -0.1) is 0 Å². The molecule has 2 unspecified atom stereocenters. The number of hydrogen-bond acceptors (Lipinski definition) is 0. The molecule has 25 heavy (non-hydrogen) atoms. The standard InChI is InChI=1S/C25H48/c1-7-22(8-2)17-13-15-19-24(22,11-5)21-25(12-6)20-16-14-18-23(25,9-3)10-4/h7-21H2,1-6H3. The SMILES string of the molecule is CCC1(CC)CCCCC1(CC)CC1(CC)CCCCC1(CC)CC. The zero-order valence-corrected chi connectivity index (χ0v) is 18.6. The molecule has 0 saturated heterocycles. The number of rotatable bonds is 8. The van der Waals surface area contributed by atoms with Gasteiger partial charge in [-0.25, -0.2) is 0 Å². The summed E-state index contributed by atoms with van der Waals surface area (Å²) in [5, 5.41) is 0. The van der Waals surface area contributed by atoms with E-state index in [1.54, 1.807) is 0 Å². The van der Waals surface area contributed by atoms with Crippen LogP contribution in [0.4, 0.5) is 0 Å².